The molecular weight excluding hydrogens is 286 g/mol. The molecule has 0 unspecified atom stereocenters. The highest BCUT2D eigenvalue weighted by Crippen LogP contribution is 2.21. The largest absolute Gasteiger partial charge is 0.349 e. The molecular formula is C15H13N3O2S. The standard InChI is InChI=1S/C15H13N3O2S/c1-2-18-13(17-14(19)12-8-5-9-21-12)10-6-3-4-7-11(10)16-15(18)20/h3-9H,2H2,1H3,(H,17,19). The molecule has 3 aromatic rings. The lowest BCUT2D eigenvalue weighted by molar-refractivity contribution is 0.102. The maximum absolute atomic E-state index is 12.3. The van der Waals surface area contributed by atoms with Gasteiger partial charge in [-0.25, -0.2) is 4.79 Å². The lowest BCUT2D eigenvalue weighted by Crippen LogP contribution is -2.27. The maximum Gasteiger partial charge on any atom is 0.349 e. The molecule has 6 heteroatoms. The van der Waals surface area contributed by atoms with Crippen LogP contribution in [-0.4, -0.2) is 15.5 Å². The SMILES string of the molecule is CCn1c(NC(=O)c2cccs2)c2ccccc2nc1=O. The summed E-state index contributed by atoms with van der Waals surface area (Å²) in [6.07, 6.45) is 0. The fraction of sp³-hybridized carbons (Fsp3) is 0.133. The van der Waals surface area contributed by atoms with Gasteiger partial charge in [-0.05, 0) is 30.5 Å². The van der Waals surface area contributed by atoms with Gasteiger partial charge in [0, 0.05) is 11.9 Å². The predicted octanol–water partition coefficient (Wildman–Crippen LogP) is 2.73. The minimum absolute atomic E-state index is 0.219. The molecule has 1 N–H and O–H groups in total. The minimum Gasteiger partial charge on any atom is -0.307 e. The summed E-state index contributed by atoms with van der Waals surface area (Å²) in [5.74, 6) is 0.273. The van der Waals surface area contributed by atoms with Crippen molar-refractivity contribution in [1.29, 1.82) is 0 Å². The van der Waals surface area contributed by atoms with Crippen molar-refractivity contribution in [3.63, 3.8) is 0 Å². The number of amides is 1. The number of nitrogens with zero attached hydrogens (tertiary/aromatic N) is 2. The number of carbonyl (C=O) groups excluding carboxylic acids is 1. The lowest BCUT2D eigenvalue weighted by atomic mass is 10.2. The van der Waals surface area contributed by atoms with Gasteiger partial charge in [-0.3, -0.25) is 9.36 Å². The summed E-state index contributed by atoms with van der Waals surface area (Å²) in [5.41, 5.74) is 0.214. The summed E-state index contributed by atoms with van der Waals surface area (Å²) in [7, 11) is 0. The molecule has 0 atom stereocenters. The molecule has 2 aromatic heterocycles. The zero-order chi connectivity index (χ0) is 14.8. The van der Waals surface area contributed by atoms with E-state index in [2.05, 4.69) is 10.3 Å². The molecule has 1 amide bonds. The number of hydrogen-bond donors (Lipinski definition) is 1. The molecule has 5 nitrogen and oxygen atoms in total. The Labute approximate surface area is 124 Å². The predicted molar refractivity (Wildman–Crippen MR) is 83.9 cm³/mol. The zero-order valence-electron chi connectivity index (χ0n) is 11.4. The molecule has 3 rings (SSSR count). The molecule has 1 aromatic carbocycles. The molecule has 0 aliphatic carbocycles. The summed E-state index contributed by atoms with van der Waals surface area (Å²) in [6, 6.07) is 10.8. The van der Waals surface area contributed by atoms with Crippen molar-refractivity contribution in [2.24, 2.45) is 0 Å². The van der Waals surface area contributed by atoms with Crippen LogP contribution in [0.3, 0.4) is 0 Å². The number of anilines is 1. The van der Waals surface area contributed by atoms with Crippen molar-refractivity contribution in [3.05, 3.63) is 57.1 Å². The van der Waals surface area contributed by atoms with Crippen molar-refractivity contribution in [2.75, 3.05) is 5.32 Å². The first-order valence-corrected chi connectivity index (χ1v) is 7.43. The Bertz CT molecular complexity index is 853. The Morgan fingerprint density at radius 3 is 2.81 bits per heavy atom. The average molecular weight is 299 g/mol. The highest BCUT2D eigenvalue weighted by Gasteiger charge is 2.14. The number of benzene rings is 1. The van der Waals surface area contributed by atoms with E-state index in [-0.39, 0.29) is 11.6 Å². The topological polar surface area (TPSA) is 64.0 Å². The van der Waals surface area contributed by atoms with Crippen LogP contribution in [0.1, 0.15) is 16.6 Å². The summed E-state index contributed by atoms with van der Waals surface area (Å²) in [5, 5.41) is 5.44. The van der Waals surface area contributed by atoms with Crippen LogP contribution in [0, 0.1) is 0 Å². The Balaban J connectivity index is 2.15. The molecule has 0 spiro atoms. The summed E-state index contributed by atoms with van der Waals surface area (Å²) >= 11 is 1.36. The number of hydrogen-bond acceptors (Lipinski definition) is 4. The van der Waals surface area contributed by atoms with E-state index in [9.17, 15) is 9.59 Å². The number of rotatable bonds is 3. The first-order chi connectivity index (χ1) is 10.2. The monoisotopic (exact) mass is 299 g/mol. The minimum atomic E-state index is -0.363. The van der Waals surface area contributed by atoms with Crippen LogP contribution in [0.15, 0.2) is 46.6 Å². The Morgan fingerprint density at radius 1 is 1.29 bits per heavy atom. The quantitative estimate of drug-likeness (QED) is 0.808. The van der Waals surface area contributed by atoms with Gasteiger partial charge in [0.2, 0.25) is 0 Å². The second-order valence-electron chi connectivity index (χ2n) is 4.44. The van der Waals surface area contributed by atoms with Gasteiger partial charge < -0.3 is 5.32 Å². The molecule has 0 radical (unpaired) electrons. The number of fused-ring (bicyclic) bond motifs is 1. The molecule has 0 aliphatic rings. The van der Waals surface area contributed by atoms with Crippen molar-refractivity contribution >= 4 is 34.0 Å². The number of para-hydroxylation sites is 1. The van der Waals surface area contributed by atoms with Crippen LogP contribution >= 0.6 is 11.3 Å². The van der Waals surface area contributed by atoms with Gasteiger partial charge in [0.1, 0.15) is 5.82 Å². The van der Waals surface area contributed by atoms with Gasteiger partial charge in [-0.15, -0.1) is 11.3 Å². The first-order valence-electron chi connectivity index (χ1n) is 6.55. The van der Waals surface area contributed by atoms with E-state index in [0.717, 1.165) is 5.39 Å². The average Bonchev–Trinajstić information content (AvgIpc) is 3.01. The van der Waals surface area contributed by atoms with E-state index in [1.54, 1.807) is 12.1 Å². The highest BCUT2D eigenvalue weighted by molar-refractivity contribution is 7.12. The van der Waals surface area contributed by atoms with E-state index >= 15 is 0 Å². The fourth-order valence-corrected chi connectivity index (χ4v) is 2.80. The van der Waals surface area contributed by atoms with Crippen molar-refractivity contribution in [1.82, 2.24) is 9.55 Å². The zero-order valence-corrected chi connectivity index (χ0v) is 12.2. The van der Waals surface area contributed by atoms with Gasteiger partial charge in [-0.1, -0.05) is 18.2 Å². The molecule has 0 saturated carbocycles. The van der Waals surface area contributed by atoms with Gasteiger partial charge in [0.15, 0.2) is 0 Å². The molecule has 21 heavy (non-hydrogen) atoms. The van der Waals surface area contributed by atoms with E-state index in [1.807, 2.05) is 36.6 Å². The number of aromatic nitrogens is 2. The molecule has 0 saturated heterocycles. The first kappa shape index (κ1) is 13.5. The van der Waals surface area contributed by atoms with Crippen LogP contribution < -0.4 is 11.0 Å². The van der Waals surface area contributed by atoms with Crippen molar-refractivity contribution in [2.45, 2.75) is 13.5 Å². The van der Waals surface area contributed by atoms with Gasteiger partial charge in [-0.2, -0.15) is 4.98 Å². The molecule has 106 valence electrons. The highest BCUT2D eigenvalue weighted by atomic mass is 32.1. The molecule has 0 aliphatic heterocycles. The maximum atomic E-state index is 12.3. The molecule has 0 fully saturated rings. The van der Waals surface area contributed by atoms with Crippen LogP contribution in [0.5, 0.6) is 0 Å². The van der Waals surface area contributed by atoms with Crippen molar-refractivity contribution in [3.8, 4) is 0 Å². The number of nitrogens with one attached hydrogen (secondary N) is 1. The van der Waals surface area contributed by atoms with Crippen molar-refractivity contribution < 1.29 is 4.79 Å². The normalized spacial score (nSPS) is 10.7. The third kappa shape index (κ3) is 2.45. The summed E-state index contributed by atoms with van der Waals surface area (Å²) in [4.78, 5) is 29.0. The number of carbonyl (C=O) groups is 1. The van der Waals surface area contributed by atoms with Gasteiger partial charge >= 0.3 is 5.69 Å². The molecule has 0 bridgehead atoms. The Morgan fingerprint density at radius 2 is 2.10 bits per heavy atom. The van der Waals surface area contributed by atoms with E-state index in [0.29, 0.717) is 22.8 Å². The van der Waals surface area contributed by atoms with E-state index in [4.69, 9.17) is 0 Å². The molecule has 2 heterocycles. The second kappa shape index (κ2) is 5.49. The summed E-state index contributed by atoms with van der Waals surface area (Å²) < 4.78 is 1.47. The van der Waals surface area contributed by atoms with Gasteiger partial charge in [0.25, 0.3) is 5.91 Å². The lowest BCUT2D eigenvalue weighted by Gasteiger charge is -2.13. The number of thiophene rings is 1. The van der Waals surface area contributed by atoms with E-state index < -0.39 is 0 Å². The third-order valence-electron chi connectivity index (χ3n) is 3.17. The smallest absolute Gasteiger partial charge is 0.307 e. The van der Waals surface area contributed by atoms with E-state index in [1.165, 1.54) is 15.9 Å². The third-order valence-corrected chi connectivity index (χ3v) is 4.04. The Hall–Kier alpha value is -2.47. The fourth-order valence-electron chi connectivity index (χ4n) is 2.18. The van der Waals surface area contributed by atoms with Gasteiger partial charge in [0.05, 0.1) is 10.4 Å². The van der Waals surface area contributed by atoms with Crippen LogP contribution in [-0.2, 0) is 6.54 Å². The summed E-state index contributed by atoms with van der Waals surface area (Å²) in [6.45, 7) is 2.29. The van der Waals surface area contributed by atoms with Crippen LogP contribution in [0.2, 0.25) is 0 Å². The van der Waals surface area contributed by atoms with Crippen LogP contribution in [0.4, 0.5) is 5.82 Å². The van der Waals surface area contributed by atoms with Crippen LogP contribution in [0.25, 0.3) is 10.9 Å². The Kier molecular flexibility index (Phi) is 3.53. The second-order valence-corrected chi connectivity index (χ2v) is 5.38.